The van der Waals surface area contributed by atoms with Crippen LogP contribution in [0.15, 0.2) is 46.8 Å². The maximum absolute atomic E-state index is 12.3. The van der Waals surface area contributed by atoms with Crippen LogP contribution in [0.3, 0.4) is 0 Å². The number of carbonyl (C=O) groups is 2. The van der Waals surface area contributed by atoms with Crippen LogP contribution in [0.2, 0.25) is 0 Å². The monoisotopic (exact) mass is 420 g/mol. The van der Waals surface area contributed by atoms with Crippen molar-refractivity contribution in [2.45, 2.75) is 24.3 Å². The van der Waals surface area contributed by atoms with Gasteiger partial charge in [-0.15, -0.1) is 11.3 Å². The van der Waals surface area contributed by atoms with E-state index in [0.717, 1.165) is 23.4 Å². The summed E-state index contributed by atoms with van der Waals surface area (Å²) >= 11 is 2.56. The highest BCUT2D eigenvalue weighted by molar-refractivity contribution is 8.00. The molecule has 0 bridgehead atoms. The number of rotatable bonds is 5. The molecule has 1 amide bonds. The zero-order valence-corrected chi connectivity index (χ0v) is 17.0. The van der Waals surface area contributed by atoms with Crippen LogP contribution in [0.1, 0.15) is 34.5 Å². The van der Waals surface area contributed by atoms with E-state index in [-0.39, 0.29) is 17.4 Å². The molecule has 1 aliphatic carbocycles. The SMILES string of the molecule is N#Cc1cc2c(nc1SCC(=O)Nc1nc(-c3ccccc3)cs1)CCCC2=O. The van der Waals surface area contributed by atoms with Gasteiger partial charge in [0.25, 0.3) is 0 Å². The molecule has 2 heterocycles. The highest BCUT2D eigenvalue weighted by Crippen LogP contribution is 2.28. The summed E-state index contributed by atoms with van der Waals surface area (Å²) in [4.78, 5) is 33.3. The molecule has 0 atom stereocenters. The van der Waals surface area contributed by atoms with Gasteiger partial charge in [0.15, 0.2) is 10.9 Å². The van der Waals surface area contributed by atoms with Gasteiger partial charge in [-0.2, -0.15) is 5.26 Å². The molecule has 0 aliphatic heterocycles. The Morgan fingerprint density at radius 2 is 2.07 bits per heavy atom. The molecule has 0 spiro atoms. The Labute approximate surface area is 176 Å². The van der Waals surface area contributed by atoms with Crippen LogP contribution >= 0.6 is 23.1 Å². The lowest BCUT2D eigenvalue weighted by atomic mass is 9.94. The third-order valence-corrected chi connectivity index (χ3v) is 6.21. The van der Waals surface area contributed by atoms with Gasteiger partial charge in [-0.25, -0.2) is 9.97 Å². The first-order chi connectivity index (χ1) is 14.1. The number of ketones is 1. The normalized spacial score (nSPS) is 12.9. The van der Waals surface area contributed by atoms with Gasteiger partial charge in [-0.1, -0.05) is 42.1 Å². The number of pyridine rings is 1. The van der Waals surface area contributed by atoms with Crippen molar-refractivity contribution in [3.05, 3.63) is 58.6 Å². The number of carbonyl (C=O) groups excluding carboxylic acids is 2. The Kier molecular flexibility index (Phi) is 5.69. The van der Waals surface area contributed by atoms with E-state index in [4.69, 9.17) is 0 Å². The molecule has 0 fully saturated rings. The molecule has 1 N–H and O–H groups in total. The summed E-state index contributed by atoms with van der Waals surface area (Å²) in [5.74, 6) is -0.0831. The molecule has 144 valence electrons. The molecule has 2 aromatic heterocycles. The summed E-state index contributed by atoms with van der Waals surface area (Å²) in [5.41, 5.74) is 3.39. The standard InChI is InChI=1S/C21H16N4O2S2/c22-10-14-9-15-16(7-4-8-18(15)26)23-20(14)28-12-19(27)25-21-24-17(11-29-21)13-5-2-1-3-6-13/h1-3,5-6,9,11H,4,7-8,12H2,(H,24,25,27). The van der Waals surface area contributed by atoms with Crippen LogP contribution < -0.4 is 5.32 Å². The number of aryl methyl sites for hydroxylation is 1. The molecule has 0 saturated heterocycles. The fourth-order valence-corrected chi connectivity index (χ4v) is 4.58. The summed E-state index contributed by atoms with van der Waals surface area (Å²) in [6, 6.07) is 13.4. The summed E-state index contributed by atoms with van der Waals surface area (Å²) in [6.45, 7) is 0. The minimum absolute atomic E-state index is 0.0301. The Hall–Kier alpha value is -3.02. The highest BCUT2D eigenvalue weighted by Gasteiger charge is 2.21. The number of hydrogen-bond acceptors (Lipinski definition) is 7. The Morgan fingerprint density at radius 1 is 1.24 bits per heavy atom. The fraction of sp³-hybridized carbons (Fsp3) is 0.190. The van der Waals surface area contributed by atoms with Crippen molar-refractivity contribution in [1.82, 2.24) is 9.97 Å². The number of hydrogen-bond donors (Lipinski definition) is 1. The molecule has 1 aromatic carbocycles. The first kappa shape index (κ1) is 19.3. The van der Waals surface area contributed by atoms with Crippen molar-refractivity contribution >= 4 is 39.9 Å². The number of benzene rings is 1. The predicted octanol–water partition coefficient (Wildman–Crippen LogP) is 4.33. The average Bonchev–Trinajstić information content (AvgIpc) is 3.21. The maximum Gasteiger partial charge on any atom is 0.236 e. The van der Waals surface area contributed by atoms with E-state index in [2.05, 4.69) is 21.4 Å². The van der Waals surface area contributed by atoms with Crippen molar-refractivity contribution in [1.29, 1.82) is 5.26 Å². The number of thioether (sulfide) groups is 1. The van der Waals surface area contributed by atoms with Gasteiger partial charge < -0.3 is 5.32 Å². The quantitative estimate of drug-likeness (QED) is 0.617. The molecule has 6 nitrogen and oxygen atoms in total. The van der Waals surface area contributed by atoms with Crippen molar-refractivity contribution in [3.63, 3.8) is 0 Å². The molecule has 0 saturated carbocycles. The molecule has 3 aromatic rings. The molecular weight excluding hydrogens is 404 g/mol. The first-order valence-electron chi connectivity index (χ1n) is 9.05. The van der Waals surface area contributed by atoms with E-state index in [1.54, 1.807) is 6.07 Å². The van der Waals surface area contributed by atoms with Gasteiger partial charge in [0, 0.05) is 22.9 Å². The number of thiazole rings is 1. The largest absolute Gasteiger partial charge is 0.301 e. The van der Waals surface area contributed by atoms with E-state index >= 15 is 0 Å². The summed E-state index contributed by atoms with van der Waals surface area (Å²) in [5, 5.41) is 15.1. The van der Waals surface area contributed by atoms with Crippen LogP contribution in [-0.2, 0) is 11.2 Å². The second-order valence-electron chi connectivity index (χ2n) is 6.46. The van der Waals surface area contributed by atoms with E-state index < -0.39 is 0 Å². The lowest BCUT2D eigenvalue weighted by molar-refractivity contribution is -0.113. The first-order valence-corrected chi connectivity index (χ1v) is 10.9. The number of aromatic nitrogens is 2. The lowest BCUT2D eigenvalue weighted by Gasteiger charge is -2.15. The molecule has 8 heteroatoms. The van der Waals surface area contributed by atoms with Gasteiger partial charge in [0.05, 0.1) is 22.7 Å². The molecule has 0 radical (unpaired) electrons. The molecule has 1 aliphatic rings. The zero-order valence-electron chi connectivity index (χ0n) is 15.3. The number of amides is 1. The van der Waals surface area contributed by atoms with E-state index in [1.165, 1.54) is 23.1 Å². The maximum atomic E-state index is 12.3. The van der Waals surface area contributed by atoms with Gasteiger partial charge in [-0.05, 0) is 18.9 Å². The number of fused-ring (bicyclic) bond motifs is 1. The summed E-state index contributed by atoms with van der Waals surface area (Å²) < 4.78 is 0. The number of nitrogens with one attached hydrogen (secondary N) is 1. The average molecular weight is 421 g/mol. The Bertz CT molecular complexity index is 1120. The van der Waals surface area contributed by atoms with Crippen molar-refractivity contribution < 1.29 is 9.59 Å². The van der Waals surface area contributed by atoms with E-state index in [9.17, 15) is 14.9 Å². The second kappa shape index (κ2) is 8.55. The number of nitriles is 1. The van der Waals surface area contributed by atoms with Gasteiger partial charge in [-0.3, -0.25) is 9.59 Å². The zero-order chi connectivity index (χ0) is 20.2. The van der Waals surface area contributed by atoms with Gasteiger partial charge in [0.1, 0.15) is 11.1 Å². The van der Waals surface area contributed by atoms with E-state index in [0.29, 0.717) is 34.1 Å². The fourth-order valence-electron chi connectivity index (χ4n) is 3.07. The number of Topliss-reactive ketones (excluding diaryl/α,β-unsaturated/α-hetero) is 1. The summed E-state index contributed by atoms with van der Waals surface area (Å²) in [6.07, 6.45) is 1.98. The smallest absolute Gasteiger partial charge is 0.236 e. The lowest BCUT2D eigenvalue weighted by Crippen LogP contribution is -2.16. The van der Waals surface area contributed by atoms with Gasteiger partial charge >= 0.3 is 0 Å². The Morgan fingerprint density at radius 3 is 2.86 bits per heavy atom. The van der Waals surface area contributed by atoms with Crippen molar-refractivity contribution in [3.8, 4) is 17.3 Å². The Balaban J connectivity index is 1.42. The van der Waals surface area contributed by atoms with Gasteiger partial charge in [0.2, 0.25) is 5.91 Å². The molecule has 29 heavy (non-hydrogen) atoms. The molecule has 4 rings (SSSR count). The highest BCUT2D eigenvalue weighted by atomic mass is 32.2. The van der Waals surface area contributed by atoms with Crippen LogP contribution in [0, 0.1) is 11.3 Å². The molecule has 0 unspecified atom stereocenters. The minimum atomic E-state index is -0.219. The minimum Gasteiger partial charge on any atom is -0.301 e. The van der Waals surface area contributed by atoms with Crippen LogP contribution in [0.5, 0.6) is 0 Å². The predicted molar refractivity (Wildman–Crippen MR) is 113 cm³/mol. The third kappa shape index (κ3) is 4.36. The van der Waals surface area contributed by atoms with Crippen LogP contribution in [0.25, 0.3) is 11.3 Å². The van der Waals surface area contributed by atoms with E-state index in [1.807, 2.05) is 35.7 Å². The van der Waals surface area contributed by atoms with Crippen molar-refractivity contribution in [2.24, 2.45) is 0 Å². The molecular formula is C21H16N4O2S2. The van der Waals surface area contributed by atoms with Crippen LogP contribution in [-0.4, -0.2) is 27.4 Å². The summed E-state index contributed by atoms with van der Waals surface area (Å²) in [7, 11) is 0. The second-order valence-corrected chi connectivity index (χ2v) is 8.29. The number of anilines is 1. The third-order valence-electron chi connectivity index (χ3n) is 4.46. The van der Waals surface area contributed by atoms with Crippen LogP contribution in [0.4, 0.5) is 5.13 Å². The topological polar surface area (TPSA) is 95.7 Å². The van der Waals surface area contributed by atoms with Crippen molar-refractivity contribution in [2.75, 3.05) is 11.1 Å². The number of nitrogens with zero attached hydrogens (tertiary/aromatic N) is 3.